The van der Waals surface area contributed by atoms with Crippen LogP contribution in [0.25, 0.3) is 5.69 Å². The minimum atomic E-state index is -0.408. The van der Waals surface area contributed by atoms with Crippen molar-refractivity contribution in [3.8, 4) is 5.69 Å². The van der Waals surface area contributed by atoms with Gasteiger partial charge in [0.05, 0.1) is 10.6 Å². The summed E-state index contributed by atoms with van der Waals surface area (Å²) in [5.74, 6) is 0. The first kappa shape index (κ1) is 14.7. The predicted molar refractivity (Wildman–Crippen MR) is 86.5 cm³/mol. The molecule has 0 radical (unpaired) electrons. The standard InChI is InChI=1S/C16H15N5O2/c1-12(19-14-5-7-15(8-6-14)21(22)23)13-3-2-4-16(9-13)20-11-17-10-18-20/h2-12,19H,1H3/t12-/m1/s1. The van der Waals surface area contributed by atoms with Crippen LogP contribution in [0.1, 0.15) is 18.5 Å². The molecule has 7 nitrogen and oxygen atoms in total. The number of non-ortho nitro benzene ring substituents is 1. The number of hydrogen-bond donors (Lipinski definition) is 1. The molecular formula is C16H15N5O2. The summed E-state index contributed by atoms with van der Waals surface area (Å²) in [6, 6.07) is 14.4. The number of nitrogens with zero attached hydrogens (tertiary/aromatic N) is 4. The lowest BCUT2D eigenvalue weighted by Crippen LogP contribution is -2.07. The number of anilines is 1. The van der Waals surface area contributed by atoms with Crippen LogP contribution in [0.5, 0.6) is 0 Å². The van der Waals surface area contributed by atoms with Gasteiger partial charge in [-0.3, -0.25) is 10.1 Å². The molecule has 0 spiro atoms. The van der Waals surface area contributed by atoms with Gasteiger partial charge in [-0.05, 0) is 36.8 Å². The summed E-state index contributed by atoms with van der Waals surface area (Å²) in [6.45, 7) is 2.03. The lowest BCUT2D eigenvalue weighted by molar-refractivity contribution is -0.384. The highest BCUT2D eigenvalue weighted by Gasteiger charge is 2.09. The van der Waals surface area contributed by atoms with Crippen molar-refractivity contribution in [2.24, 2.45) is 0 Å². The van der Waals surface area contributed by atoms with Crippen molar-refractivity contribution in [3.05, 3.63) is 76.9 Å². The monoisotopic (exact) mass is 309 g/mol. The molecule has 0 aliphatic carbocycles. The number of hydrogen-bond acceptors (Lipinski definition) is 5. The maximum atomic E-state index is 10.7. The molecule has 0 unspecified atom stereocenters. The highest BCUT2D eigenvalue weighted by Crippen LogP contribution is 2.22. The zero-order valence-corrected chi connectivity index (χ0v) is 12.5. The molecule has 23 heavy (non-hydrogen) atoms. The third-order valence-corrected chi connectivity index (χ3v) is 3.51. The topological polar surface area (TPSA) is 85.9 Å². The van der Waals surface area contributed by atoms with Crippen LogP contribution in [-0.2, 0) is 0 Å². The van der Waals surface area contributed by atoms with Crippen molar-refractivity contribution >= 4 is 11.4 Å². The van der Waals surface area contributed by atoms with Crippen LogP contribution < -0.4 is 5.32 Å². The van der Waals surface area contributed by atoms with Crippen LogP contribution in [0.3, 0.4) is 0 Å². The van der Waals surface area contributed by atoms with E-state index in [-0.39, 0.29) is 11.7 Å². The quantitative estimate of drug-likeness (QED) is 0.577. The van der Waals surface area contributed by atoms with E-state index in [1.54, 1.807) is 23.1 Å². The fraction of sp³-hybridized carbons (Fsp3) is 0.125. The van der Waals surface area contributed by atoms with Gasteiger partial charge in [0.1, 0.15) is 12.7 Å². The lowest BCUT2D eigenvalue weighted by Gasteiger charge is -2.16. The SMILES string of the molecule is C[C@@H](Nc1ccc([N+](=O)[O-])cc1)c1cccc(-n2cncn2)c1. The summed E-state index contributed by atoms with van der Waals surface area (Å²) in [4.78, 5) is 14.2. The average Bonchev–Trinajstić information content (AvgIpc) is 3.10. The van der Waals surface area contributed by atoms with Gasteiger partial charge in [-0.1, -0.05) is 12.1 Å². The second kappa shape index (κ2) is 6.27. The van der Waals surface area contributed by atoms with Crippen molar-refractivity contribution in [2.45, 2.75) is 13.0 Å². The first-order chi connectivity index (χ1) is 11.1. The van der Waals surface area contributed by atoms with Crippen LogP contribution in [0.15, 0.2) is 61.2 Å². The maximum absolute atomic E-state index is 10.7. The van der Waals surface area contributed by atoms with Crippen LogP contribution in [0.2, 0.25) is 0 Å². The van der Waals surface area contributed by atoms with E-state index < -0.39 is 4.92 Å². The minimum absolute atomic E-state index is 0.0416. The molecule has 2 aromatic carbocycles. The molecular weight excluding hydrogens is 294 g/mol. The molecule has 0 aliphatic rings. The van der Waals surface area contributed by atoms with Crippen LogP contribution in [-0.4, -0.2) is 19.7 Å². The molecule has 7 heteroatoms. The Morgan fingerprint density at radius 2 is 2.00 bits per heavy atom. The van der Waals surface area contributed by atoms with Gasteiger partial charge in [0.15, 0.2) is 0 Å². The predicted octanol–water partition coefficient (Wildman–Crippen LogP) is 3.35. The summed E-state index contributed by atoms with van der Waals surface area (Å²) < 4.78 is 1.70. The summed E-state index contributed by atoms with van der Waals surface area (Å²) in [5, 5.41) is 18.1. The number of rotatable bonds is 5. The second-order valence-electron chi connectivity index (χ2n) is 5.11. The van der Waals surface area contributed by atoms with E-state index in [0.717, 1.165) is 16.9 Å². The summed E-state index contributed by atoms with van der Waals surface area (Å²) >= 11 is 0. The van der Waals surface area contributed by atoms with Crippen molar-refractivity contribution in [1.29, 1.82) is 0 Å². The second-order valence-corrected chi connectivity index (χ2v) is 5.11. The third-order valence-electron chi connectivity index (χ3n) is 3.51. The number of nitro groups is 1. The Kier molecular flexibility index (Phi) is 4.01. The van der Waals surface area contributed by atoms with E-state index in [4.69, 9.17) is 0 Å². The molecule has 1 aromatic heterocycles. The van der Waals surface area contributed by atoms with Gasteiger partial charge in [0, 0.05) is 23.9 Å². The van der Waals surface area contributed by atoms with Crippen LogP contribution in [0.4, 0.5) is 11.4 Å². The van der Waals surface area contributed by atoms with Gasteiger partial charge in [0.2, 0.25) is 0 Å². The Balaban J connectivity index is 1.76. The van der Waals surface area contributed by atoms with E-state index >= 15 is 0 Å². The Morgan fingerprint density at radius 1 is 1.22 bits per heavy atom. The van der Waals surface area contributed by atoms with Crippen molar-refractivity contribution < 1.29 is 4.92 Å². The molecule has 3 aromatic rings. The van der Waals surface area contributed by atoms with E-state index in [1.165, 1.54) is 18.5 Å². The molecule has 3 rings (SSSR count). The van der Waals surface area contributed by atoms with Crippen molar-refractivity contribution in [3.63, 3.8) is 0 Å². The van der Waals surface area contributed by atoms with Crippen molar-refractivity contribution in [1.82, 2.24) is 14.8 Å². The minimum Gasteiger partial charge on any atom is -0.379 e. The first-order valence-corrected chi connectivity index (χ1v) is 7.09. The fourth-order valence-electron chi connectivity index (χ4n) is 2.29. The smallest absolute Gasteiger partial charge is 0.269 e. The van der Waals surface area contributed by atoms with Gasteiger partial charge in [0.25, 0.3) is 5.69 Å². The summed E-state index contributed by atoms with van der Waals surface area (Å²) in [5.41, 5.74) is 2.92. The number of aromatic nitrogens is 3. The largest absolute Gasteiger partial charge is 0.379 e. The first-order valence-electron chi connectivity index (χ1n) is 7.09. The van der Waals surface area contributed by atoms with E-state index in [0.29, 0.717) is 0 Å². The van der Waals surface area contributed by atoms with Gasteiger partial charge < -0.3 is 5.32 Å². The Morgan fingerprint density at radius 3 is 2.65 bits per heavy atom. The Hall–Kier alpha value is -3.22. The van der Waals surface area contributed by atoms with E-state index in [2.05, 4.69) is 15.4 Å². The molecule has 1 N–H and O–H groups in total. The highest BCUT2D eigenvalue weighted by atomic mass is 16.6. The van der Waals surface area contributed by atoms with Gasteiger partial charge in [-0.25, -0.2) is 9.67 Å². The van der Waals surface area contributed by atoms with Crippen molar-refractivity contribution in [2.75, 3.05) is 5.32 Å². The van der Waals surface area contributed by atoms with E-state index in [9.17, 15) is 10.1 Å². The molecule has 0 saturated carbocycles. The molecule has 116 valence electrons. The molecule has 1 heterocycles. The van der Waals surface area contributed by atoms with Crippen LogP contribution >= 0.6 is 0 Å². The number of nitrogens with one attached hydrogen (secondary N) is 1. The molecule has 0 fully saturated rings. The normalized spacial score (nSPS) is 11.9. The molecule has 0 saturated heterocycles. The Bertz CT molecular complexity index is 800. The van der Waals surface area contributed by atoms with E-state index in [1.807, 2.05) is 31.2 Å². The van der Waals surface area contributed by atoms with Gasteiger partial charge in [-0.2, -0.15) is 5.10 Å². The van der Waals surface area contributed by atoms with Gasteiger partial charge in [-0.15, -0.1) is 0 Å². The maximum Gasteiger partial charge on any atom is 0.269 e. The van der Waals surface area contributed by atoms with Crippen LogP contribution in [0, 0.1) is 10.1 Å². The lowest BCUT2D eigenvalue weighted by atomic mass is 10.1. The zero-order valence-electron chi connectivity index (χ0n) is 12.5. The Labute approximate surface area is 132 Å². The fourth-order valence-corrected chi connectivity index (χ4v) is 2.29. The number of nitro benzene ring substituents is 1. The molecule has 0 bridgehead atoms. The summed E-state index contributed by atoms with van der Waals surface area (Å²) in [6.07, 6.45) is 3.14. The zero-order chi connectivity index (χ0) is 16.2. The number of benzene rings is 2. The van der Waals surface area contributed by atoms with Gasteiger partial charge >= 0.3 is 0 Å². The highest BCUT2D eigenvalue weighted by molar-refractivity contribution is 5.50. The summed E-state index contributed by atoms with van der Waals surface area (Å²) in [7, 11) is 0. The molecule has 0 amide bonds. The average molecular weight is 309 g/mol. The molecule has 0 aliphatic heterocycles. The molecule has 1 atom stereocenters. The third kappa shape index (κ3) is 3.34.